The molecular formula is C11H23NO2. The van der Waals surface area contributed by atoms with Gasteiger partial charge in [0.25, 0.3) is 0 Å². The summed E-state index contributed by atoms with van der Waals surface area (Å²) >= 11 is 0. The molecule has 84 valence electrons. The summed E-state index contributed by atoms with van der Waals surface area (Å²) in [7, 11) is 0. The first kappa shape index (κ1) is 12.0. The van der Waals surface area contributed by atoms with Gasteiger partial charge >= 0.3 is 0 Å². The monoisotopic (exact) mass is 201 g/mol. The van der Waals surface area contributed by atoms with E-state index in [-0.39, 0.29) is 12.0 Å². The Morgan fingerprint density at radius 2 is 2.29 bits per heavy atom. The topological polar surface area (TPSA) is 41.5 Å². The van der Waals surface area contributed by atoms with Crippen LogP contribution in [-0.2, 0) is 4.74 Å². The molecule has 0 spiro atoms. The minimum atomic E-state index is 0.198. The van der Waals surface area contributed by atoms with Crippen LogP contribution in [0.4, 0.5) is 0 Å². The molecule has 0 saturated carbocycles. The lowest BCUT2D eigenvalue weighted by atomic mass is 9.84. The molecule has 0 aromatic rings. The van der Waals surface area contributed by atoms with E-state index in [1.54, 1.807) is 0 Å². The molecule has 1 fully saturated rings. The molecule has 0 bridgehead atoms. The van der Waals surface area contributed by atoms with Gasteiger partial charge in [-0.2, -0.15) is 0 Å². The van der Waals surface area contributed by atoms with Gasteiger partial charge in [0.1, 0.15) is 0 Å². The molecule has 0 aromatic carbocycles. The number of nitrogens with one attached hydrogen (secondary N) is 1. The van der Waals surface area contributed by atoms with Crippen molar-refractivity contribution in [2.45, 2.75) is 26.7 Å². The van der Waals surface area contributed by atoms with E-state index in [0.717, 1.165) is 39.1 Å². The predicted molar refractivity (Wildman–Crippen MR) is 57.3 cm³/mol. The van der Waals surface area contributed by atoms with Crippen molar-refractivity contribution >= 4 is 0 Å². The Balaban J connectivity index is 2.28. The molecule has 14 heavy (non-hydrogen) atoms. The third-order valence-corrected chi connectivity index (χ3v) is 2.88. The zero-order chi connectivity index (χ0) is 10.4. The second-order valence-corrected chi connectivity index (χ2v) is 4.80. The molecule has 2 N–H and O–H groups in total. The predicted octanol–water partition coefficient (Wildman–Crippen LogP) is 1.02. The highest BCUT2D eigenvalue weighted by Crippen LogP contribution is 2.31. The summed E-state index contributed by atoms with van der Waals surface area (Å²) in [5, 5.41) is 12.5. The van der Waals surface area contributed by atoms with Crippen molar-refractivity contribution in [3.63, 3.8) is 0 Å². The molecule has 3 heteroatoms. The fourth-order valence-corrected chi connectivity index (χ4v) is 1.94. The highest BCUT2D eigenvalue weighted by Gasteiger charge is 2.33. The Bertz CT molecular complexity index is 153. The largest absolute Gasteiger partial charge is 0.396 e. The van der Waals surface area contributed by atoms with Crippen LogP contribution in [0.15, 0.2) is 0 Å². The van der Waals surface area contributed by atoms with Gasteiger partial charge in [-0.15, -0.1) is 0 Å². The van der Waals surface area contributed by atoms with Crippen molar-refractivity contribution in [1.29, 1.82) is 0 Å². The number of ether oxygens (including phenoxy) is 1. The first-order chi connectivity index (χ1) is 6.68. The van der Waals surface area contributed by atoms with E-state index in [4.69, 9.17) is 9.84 Å². The van der Waals surface area contributed by atoms with Crippen LogP contribution >= 0.6 is 0 Å². The first-order valence-electron chi connectivity index (χ1n) is 5.58. The number of hydrogen-bond donors (Lipinski definition) is 2. The van der Waals surface area contributed by atoms with E-state index in [1.807, 2.05) is 0 Å². The van der Waals surface area contributed by atoms with Gasteiger partial charge in [0.15, 0.2) is 0 Å². The molecule has 3 nitrogen and oxygen atoms in total. The van der Waals surface area contributed by atoms with E-state index in [0.29, 0.717) is 5.92 Å². The van der Waals surface area contributed by atoms with Crippen LogP contribution in [0.1, 0.15) is 26.7 Å². The highest BCUT2D eigenvalue weighted by molar-refractivity contribution is 4.85. The molecule has 1 rings (SSSR count). The second-order valence-electron chi connectivity index (χ2n) is 4.80. The summed E-state index contributed by atoms with van der Waals surface area (Å²) in [6.07, 6.45) is 1.94. The van der Waals surface area contributed by atoms with Crippen LogP contribution in [0.5, 0.6) is 0 Å². The maximum Gasteiger partial charge on any atom is 0.0536 e. The molecule has 0 aliphatic carbocycles. The molecule has 1 heterocycles. The van der Waals surface area contributed by atoms with Crippen LogP contribution in [-0.4, -0.2) is 38.0 Å². The summed E-state index contributed by atoms with van der Waals surface area (Å²) in [5.74, 6) is 0.684. The third-order valence-electron chi connectivity index (χ3n) is 2.88. The average molecular weight is 201 g/mol. The molecule has 0 radical (unpaired) electrons. The number of aliphatic hydroxyl groups is 1. The van der Waals surface area contributed by atoms with Crippen molar-refractivity contribution in [2.75, 3.05) is 32.9 Å². The first-order valence-corrected chi connectivity index (χ1v) is 5.58. The standard InChI is InChI=1S/C11H23NO2/c1-10(2)7-12-8-11(3-5-13)4-6-14-9-11/h10,12-13H,3-9H2,1-2H3. The van der Waals surface area contributed by atoms with Gasteiger partial charge in [0, 0.05) is 25.2 Å². The maximum atomic E-state index is 9.02. The zero-order valence-corrected chi connectivity index (χ0v) is 9.38. The van der Waals surface area contributed by atoms with Gasteiger partial charge in [-0.05, 0) is 25.3 Å². The van der Waals surface area contributed by atoms with Crippen LogP contribution in [0.3, 0.4) is 0 Å². The summed E-state index contributed by atoms with van der Waals surface area (Å²) in [5.41, 5.74) is 0.198. The normalized spacial score (nSPS) is 27.4. The Hall–Kier alpha value is -0.120. The molecular weight excluding hydrogens is 178 g/mol. The summed E-state index contributed by atoms with van der Waals surface area (Å²) in [4.78, 5) is 0. The molecule has 0 amide bonds. The Morgan fingerprint density at radius 3 is 2.79 bits per heavy atom. The van der Waals surface area contributed by atoms with E-state index < -0.39 is 0 Å². The molecule has 1 aliphatic heterocycles. The molecule has 1 aliphatic rings. The minimum Gasteiger partial charge on any atom is -0.396 e. The van der Waals surface area contributed by atoms with Crippen LogP contribution in [0, 0.1) is 11.3 Å². The lowest BCUT2D eigenvalue weighted by Gasteiger charge is -2.27. The lowest BCUT2D eigenvalue weighted by molar-refractivity contribution is 0.124. The van der Waals surface area contributed by atoms with Gasteiger partial charge < -0.3 is 15.2 Å². The Kier molecular flexibility index (Phi) is 4.85. The average Bonchev–Trinajstić information content (AvgIpc) is 2.53. The van der Waals surface area contributed by atoms with Crippen LogP contribution in [0.2, 0.25) is 0 Å². The zero-order valence-electron chi connectivity index (χ0n) is 9.38. The second kappa shape index (κ2) is 5.69. The van der Waals surface area contributed by atoms with Crippen molar-refractivity contribution < 1.29 is 9.84 Å². The molecule has 1 unspecified atom stereocenters. The van der Waals surface area contributed by atoms with Crippen molar-refractivity contribution in [2.24, 2.45) is 11.3 Å². The van der Waals surface area contributed by atoms with Crippen LogP contribution in [0.25, 0.3) is 0 Å². The molecule has 0 aromatic heterocycles. The number of aliphatic hydroxyl groups excluding tert-OH is 1. The fraction of sp³-hybridized carbons (Fsp3) is 1.00. The summed E-state index contributed by atoms with van der Waals surface area (Å²) in [6, 6.07) is 0. The van der Waals surface area contributed by atoms with Crippen molar-refractivity contribution in [3.8, 4) is 0 Å². The molecule has 1 atom stereocenters. The van der Waals surface area contributed by atoms with E-state index >= 15 is 0 Å². The molecule has 1 saturated heterocycles. The third kappa shape index (κ3) is 3.56. The summed E-state index contributed by atoms with van der Waals surface area (Å²) < 4.78 is 5.42. The number of hydrogen-bond acceptors (Lipinski definition) is 3. The van der Waals surface area contributed by atoms with Gasteiger partial charge in [-0.25, -0.2) is 0 Å². The fourth-order valence-electron chi connectivity index (χ4n) is 1.94. The Labute approximate surface area is 86.8 Å². The minimum absolute atomic E-state index is 0.198. The quantitative estimate of drug-likeness (QED) is 0.674. The van der Waals surface area contributed by atoms with Crippen LogP contribution < -0.4 is 5.32 Å². The Morgan fingerprint density at radius 1 is 1.50 bits per heavy atom. The summed E-state index contributed by atoms with van der Waals surface area (Å²) in [6.45, 7) is 8.36. The SMILES string of the molecule is CC(C)CNCC1(CCO)CCOC1. The van der Waals surface area contributed by atoms with E-state index in [2.05, 4.69) is 19.2 Å². The van der Waals surface area contributed by atoms with Gasteiger partial charge in [-0.1, -0.05) is 13.8 Å². The van der Waals surface area contributed by atoms with E-state index in [1.165, 1.54) is 0 Å². The van der Waals surface area contributed by atoms with Gasteiger partial charge in [-0.3, -0.25) is 0 Å². The maximum absolute atomic E-state index is 9.02. The van der Waals surface area contributed by atoms with E-state index in [9.17, 15) is 0 Å². The number of rotatable bonds is 6. The van der Waals surface area contributed by atoms with Gasteiger partial charge in [0.2, 0.25) is 0 Å². The van der Waals surface area contributed by atoms with Crippen molar-refractivity contribution in [1.82, 2.24) is 5.32 Å². The lowest BCUT2D eigenvalue weighted by Crippen LogP contribution is -2.37. The van der Waals surface area contributed by atoms with Crippen molar-refractivity contribution in [3.05, 3.63) is 0 Å². The smallest absolute Gasteiger partial charge is 0.0536 e. The van der Waals surface area contributed by atoms with Gasteiger partial charge in [0.05, 0.1) is 6.61 Å². The highest BCUT2D eigenvalue weighted by atomic mass is 16.5.